The largest absolute Gasteiger partial charge is 0.394 e. The van der Waals surface area contributed by atoms with Gasteiger partial charge < -0.3 is 15.7 Å². The molecule has 17 heavy (non-hydrogen) atoms. The summed E-state index contributed by atoms with van der Waals surface area (Å²) in [6.45, 7) is 4.63. The van der Waals surface area contributed by atoms with E-state index in [0.717, 1.165) is 5.56 Å². The van der Waals surface area contributed by atoms with Crippen LogP contribution in [0.1, 0.15) is 29.8 Å². The zero-order valence-electron chi connectivity index (χ0n) is 10.6. The van der Waals surface area contributed by atoms with Crippen LogP contribution in [-0.4, -0.2) is 30.2 Å². The molecule has 0 radical (unpaired) electrons. The second kappa shape index (κ2) is 5.80. The van der Waals surface area contributed by atoms with Crippen molar-refractivity contribution in [2.45, 2.75) is 25.9 Å². The van der Waals surface area contributed by atoms with Gasteiger partial charge in [-0.3, -0.25) is 4.79 Å². The first-order valence-electron chi connectivity index (χ1n) is 5.65. The van der Waals surface area contributed by atoms with Gasteiger partial charge in [0, 0.05) is 24.7 Å². The first kappa shape index (κ1) is 13.7. The maximum Gasteiger partial charge on any atom is 0.251 e. The van der Waals surface area contributed by atoms with Crippen LogP contribution in [0, 0.1) is 0 Å². The molecule has 4 nitrogen and oxygen atoms in total. The van der Waals surface area contributed by atoms with Gasteiger partial charge in [0.15, 0.2) is 0 Å². The lowest BCUT2D eigenvalue weighted by Gasteiger charge is -2.23. The lowest BCUT2D eigenvalue weighted by atomic mass is 10.1. The van der Waals surface area contributed by atoms with E-state index in [1.165, 1.54) is 0 Å². The van der Waals surface area contributed by atoms with Crippen molar-refractivity contribution in [3.63, 3.8) is 0 Å². The number of rotatable bonds is 5. The highest BCUT2D eigenvalue weighted by atomic mass is 16.3. The topological polar surface area (TPSA) is 61.4 Å². The molecular weight excluding hydrogens is 216 g/mol. The Hall–Kier alpha value is -1.39. The Morgan fingerprint density at radius 3 is 2.35 bits per heavy atom. The van der Waals surface area contributed by atoms with Gasteiger partial charge in [-0.15, -0.1) is 0 Å². The lowest BCUT2D eigenvalue weighted by Crippen LogP contribution is -2.42. The SMILES string of the molecule is CNC(=O)c1ccc(CNC(C)(C)CO)cc1. The second-order valence-electron chi connectivity index (χ2n) is 4.67. The summed E-state index contributed by atoms with van der Waals surface area (Å²) in [7, 11) is 1.61. The van der Waals surface area contributed by atoms with E-state index in [1.807, 2.05) is 26.0 Å². The Kier molecular flexibility index (Phi) is 4.66. The zero-order chi connectivity index (χ0) is 12.9. The van der Waals surface area contributed by atoms with Crippen molar-refractivity contribution in [3.05, 3.63) is 35.4 Å². The first-order valence-corrected chi connectivity index (χ1v) is 5.65. The number of carbonyl (C=O) groups is 1. The fourth-order valence-corrected chi connectivity index (χ4v) is 1.32. The average molecular weight is 236 g/mol. The molecule has 0 saturated heterocycles. The average Bonchev–Trinajstić information content (AvgIpc) is 2.36. The lowest BCUT2D eigenvalue weighted by molar-refractivity contribution is 0.0963. The van der Waals surface area contributed by atoms with E-state index in [9.17, 15) is 4.79 Å². The summed E-state index contributed by atoms with van der Waals surface area (Å²) in [6, 6.07) is 7.40. The van der Waals surface area contributed by atoms with Crippen molar-refractivity contribution in [3.8, 4) is 0 Å². The Bertz CT molecular complexity index is 372. The minimum absolute atomic E-state index is 0.0832. The van der Waals surface area contributed by atoms with Crippen molar-refractivity contribution in [1.29, 1.82) is 0 Å². The molecule has 0 unspecified atom stereocenters. The van der Waals surface area contributed by atoms with Crippen LogP contribution < -0.4 is 10.6 Å². The molecule has 0 aliphatic rings. The standard InChI is InChI=1S/C13H20N2O2/c1-13(2,9-16)15-8-10-4-6-11(7-5-10)12(17)14-3/h4-7,15-16H,8-9H2,1-3H3,(H,14,17). The Morgan fingerprint density at radius 2 is 1.88 bits per heavy atom. The highest BCUT2D eigenvalue weighted by Gasteiger charge is 2.14. The predicted molar refractivity (Wildman–Crippen MR) is 67.8 cm³/mol. The van der Waals surface area contributed by atoms with E-state index < -0.39 is 0 Å². The molecule has 94 valence electrons. The minimum Gasteiger partial charge on any atom is -0.394 e. The third kappa shape index (κ3) is 4.17. The normalized spacial score (nSPS) is 11.3. The van der Waals surface area contributed by atoms with Gasteiger partial charge >= 0.3 is 0 Å². The molecule has 1 rings (SSSR count). The van der Waals surface area contributed by atoms with Gasteiger partial charge in [0.25, 0.3) is 5.91 Å². The van der Waals surface area contributed by atoms with Crippen molar-refractivity contribution in [2.24, 2.45) is 0 Å². The highest BCUT2D eigenvalue weighted by Crippen LogP contribution is 2.07. The van der Waals surface area contributed by atoms with E-state index in [4.69, 9.17) is 5.11 Å². The summed E-state index contributed by atoms with van der Waals surface area (Å²) in [5, 5.41) is 14.9. The second-order valence-corrected chi connectivity index (χ2v) is 4.67. The fourth-order valence-electron chi connectivity index (χ4n) is 1.32. The first-order chi connectivity index (χ1) is 7.98. The molecule has 1 amide bonds. The fraction of sp³-hybridized carbons (Fsp3) is 0.462. The van der Waals surface area contributed by atoms with Crippen LogP contribution in [0.5, 0.6) is 0 Å². The van der Waals surface area contributed by atoms with Gasteiger partial charge in [-0.2, -0.15) is 0 Å². The molecular formula is C13H20N2O2. The molecule has 0 fully saturated rings. The van der Waals surface area contributed by atoms with Gasteiger partial charge in [-0.05, 0) is 31.5 Å². The summed E-state index contributed by atoms with van der Waals surface area (Å²) in [5.41, 5.74) is 1.44. The van der Waals surface area contributed by atoms with E-state index in [-0.39, 0.29) is 18.1 Å². The third-order valence-corrected chi connectivity index (χ3v) is 2.61. The summed E-state index contributed by atoms with van der Waals surface area (Å²) in [6.07, 6.45) is 0. The van der Waals surface area contributed by atoms with Gasteiger partial charge in [-0.25, -0.2) is 0 Å². The van der Waals surface area contributed by atoms with E-state index in [1.54, 1.807) is 19.2 Å². The molecule has 0 aliphatic carbocycles. The summed E-state index contributed by atoms with van der Waals surface area (Å²) in [4.78, 5) is 11.3. The molecule has 0 aromatic heterocycles. The number of aliphatic hydroxyl groups excluding tert-OH is 1. The van der Waals surface area contributed by atoms with E-state index >= 15 is 0 Å². The van der Waals surface area contributed by atoms with Crippen LogP contribution >= 0.6 is 0 Å². The monoisotopic (exact) mass is 236 g/mol. The molecule has 1 aromatic rings. The molecule has 0 atom stereocenters. The van der Waals surface area contributed by atoms with E-state index in [2.05, 4.69) is 10.6 Å². The van der Waals surface area contributed by atoms with Crippen LogP contribution in [0.25, 0.3) is 0 Å². The van der Waals surface area contributed by atoms with Gasteiger partial charge in [0.2, 0.25) is 0 Å². The molecule has 3 N–H and O–H groups in total. The quantitative estimate of drug-likeness (QED) is 0.712. The number of nitrogens with one attached hydrogen (secondary N) is 2. The number of benzene rings is 1. The molecule has 1 aromatic carbocycles. The molecule has 0 bridgehead atoms. The Labute approximate surface area is 102 Å². The summed E-state index contributed by atoms with van der Waals surface area (Å²) in [5.74, 6) is -0.0832. The van der Waals surface area contributed by atoms with Crippen LogP contribution in [-0.2, 0) is 6.54 Å². The smallest absolute Gasteiger partial charge is 0.251 e. The van der Waals surface area contributed by atoms with Gasteiger partial charge in [0.1, 0.15) is 0 Å². The number of carbonyl (C=O) groups excluding carboxylic acids is 1. The minimum atomic E-state index is -0.292. The van der Waals surface area contributed by atoms with Crippen LogP contribution in [0.3, 0.4) is 0 Å². The zero-order valence-corrected chi connectivity index (χ0v) is 10.6. The number of aliphatic hydroxyl groups is 1. The Balaban J connectivity index is 2.60. The van der Waals surface area contributed by atoms with Crippen molar-refractivity contribution < 1.29 is 9.90 Å². The molecule has 0 spiro atoms. The Morgan fingerprint density at radius 1 is 1.29 bits per heavy atom. The predicted octanol–water partition coefficient (Wildman–Crippen LogP) is 0.907. The van der Waals surface area contributed by atoms with Gasteiger partial charge in [-0.1, -0.05) is 12.1 Å². The number of amides is 1. The number of hydrogen-bond acceptors (Lipinski definition) is 3. The van der Waals surface area contributed by atoms with Crippen molar-refractivity contribution >= 4 is 5.91 Å². The molecule has 4 heteroatoms. The summed E-state index contributed by atoms with van der Waals surface area (Å²) < 4.78 is 0. The van der Waals surface area contributed by atoms with Crippen molar-refractivity contribution in [2.75, 3.05) is 13.7 Å². The van der Waals surface area contributed by atoms with Crippen LogP contribution in [0.2, 0.25) is 0 Å². The molecule has 0 aliphatic heterocycles. The number of hydrogen-bond donors (Lipinski definition) is 3. The third-order valence-electron chi connectivity index (χ3n) is 2.61. The van der Waals surface area contributed by atoms with Crippen molar-refractivity contribution in [1.82, 2.24) is 10.6 Å². The molecule has 0 heterocycles. The summed E-state index contributed by atoms with van der Waals surface area (Å²) >= 11 is 0. The van der Waals surface area contributed by atoms with Gasteiger partial charge in [0.05, 0.1) is 6.61 Å². The van der Waals surface area contributed by atoms with E-state index in [0.29, 0.717) is 12.1 Å². The maximum atomic E-state index is 11.3. The highest BCUT2D eigenvalue weighted by molar-refractivity contribution is 5.93. The maximum absolute atomic E-state index is 11.3. The van der Waals surface area contributed by atoms with Crippen LogP contribution in [0.4, 0.5) is 0 Å². The van der Waals surface area contributed by atoms with Crippen LogP contribution in [0.15, 0.2) is 24.3 Å². The molecule has 0 saturated carbocycles.